The number of guanidine groups is 1. The highest BCUT2D eigenvalue weighted by Crippen LogP contribution is 2.31. The van der Waals surface area contributed by atoms with Gasteiger partial charge in [-0.15, -0.1) is 0 Å². The van der Waals surface area contributed by atoms with E-state index in [1.54, 1.807) is 0 Å². The van der Waals surface area contributed by atoms with Crippen LogP contribution < -0.4 is 16.8 Å². The number of fused-ring (bicyclic) bond motifs is 1. The third-order valence-corrected chi connectivity index (χ3v) is 5.62. The number of amides is 2. The highest BCUT2D eigenvalue weighted by molar-refractivity contribution is 5.92. The molecule has 10 nitrogen and oxygen atoms in total. The Hall–Kier alpha value is -3.14. The van der Waals surface area contributed by atoms with Crippen molar-refractivity contribution in [2.45, 2.75) is 50.3 Å². The Morgan fingerprint density at radius 2 is 2.06 bits per heavy atom. The molecule has 1 unspecified atom stereocenters. The third kappa shape index (κ3) is 5.52. The molecule has 1 fully saturated rings. The lowest BCUT2D eigenvalue weighted by Crippen LogP contribution is -2.52. The number of likely N-dealkylation sites (tertiary alicyclic amines) is 1. The zero-order valence-electron chi connectivity index (χ0n) is 17.3. The number of nitrogens with one attached hydrogen (secondary N) is 1. The minimum Gasteiger partial charge on any atom is -0.480 e. The largest absolute Gasteiger partial charge is 0.480 e. The van der Waals surface area contributed by atoms with E-state index in [-0.39, 0.29) is 24.8 Å². The van der Waals surface area contributed by atoms with E-state index in [4.69, 9.17) is 16.2 Å². The topological polar surface area (TPSA) is 160 Å². The van der Waals surface area contributed by atoms with E-state index < -0.39 is 30.1 Å². The number of hydrogen-bond donors (Lipinski definition) is 4. The maximum Gasteiger partial charge on any atom is 0.326 e. The second kappa shape index (κ2) is 10.3. The normalized spacial score (nSPS) is 21.1. The van der Waals surface area contributed by atoms with Gasteiger partial charge in [0.2, 0.25) is 5.91 Å². The number of carboxylic acids is 1. The molecule has 1 aromatic rings. The number of carboxylic acid groups (broad SMARTS) is 1. The summed E-state index contributed by atoms with van der Waals surface area (Å²) >= 11 is 0. The first-order valence-electron chi connectivity index (χ1n) is 10.5. The summed E-state index contributed by atoms with van der Waals surface area (Å²) in [4.78, 5) is 43.0. The summed E-state index contributed by atoms with van der Waals surface area (Å²) in [5.41, 5.74) is 12.4. The fourth-order valence-corrected chi connectivity index (χ4v) is 4.08. The van der Waals surface area contributed by atoms with Gasteiger partial charge in [0.1, 0.15) is 12.1 Å². The first-order chi connectivity index (χ1) is 14.9. The molecule has 0 aliphatic carbocycles. The number of nitrogens with two attached hydrogens (primary N) is 2. The molecule has 1 aromatic carbocycles. The van der Waals surface area contributed by atoms with Gasteiger partial charge in [0.15, 0.2) is 12.1 Å². The summed E-state index contributed by atoms with van der Waals surface area (Å²) in [7, 11) is 0. The van der Waals surface area contributed by atoms with Crippen LogP contribution in [0.25, 0.3) is 0 Å². The smallest absolute Gasteiger partial charge is 0.326 e. The first kappa shape index (κ1) is 22.5. The Morgan fingerprint density at radius 3 is 2.81 bits per heavy atom. The summed E-state index contributed by atoms with van der Waals surface area (Å²) in [6, 6.07) is 5.85. The standard InChI is InChI=1S/C21H29N5O5/c22-21(23)24-10-3-7-15(20(29)30)25-18(27)16-8-4-11-26(16)19(28)17-14-6-2-1-5-13(14)9-12-31-17/h1-2,5-6,15-17H,3-4,7-12H2,(H,25,27)(H,29,30)(H4,22,23,24)/t15-,16-,17?/m0/s1. The van der Waals surface area contributed by atoms with Crippen molar-refractivity contribution < 1.29 is 24.2 Å². The maximum absolute atomic E-state index is 13.2. The number of benzene rings is 1. The van der Waals surface area contributed by atoms with Crippen molar-refractivity contribution in [1.29, 1.82) is 0 Å². The molecule has 0 spiro atoms. The van der Waals surface area contributed by atoms with Gasteiger partial charge in [-0.2, -0.15) is 0 Å². The molecule has 0 saturated carbocycles. The van der Waals surface area contributed by atoms with Crippen LogP contribution in [-0.2, 0) is 25.5 Å². The summed E-state index contributed by atoms with van der Waals surface area (Å²) in [5.74, 6) is -1.94. The van der Waals surface area contributed by atoms with Gasteiger partial charge in [-0.05, 0) is 43.2 Å². The average molecular weight is 431 g/mol. The fourth-order valence-electron chi connectivity index (χ4n) is 4.08. The monoisotopic (exact) mass is 431 g/mol. The lowest BCUT2D eigenvalue weighted by Gasteiger charge is -2.31. The number of carbonyl (C=O) groups is 3. The van der Waals surface area contributed by atoms with Gasteiger partial charge in [-0.1, -0.05) is 24.3 Å². The molecule has 2 aliphatic heterocycles. The molecule has 168 valence electrons. The lowest BCUT2D eigenvalue weighted by molar-refractivity contribution is -0.150. The van der Waals surface area contributed by atoms with Crippen LogP contribution in [0.5, 0.6) is 0 Å². The Bertz CT molecular complexity index is 854. The zero-order chi connectivity index (χ0) is 22.4. The predicted octanol–water partition coefficient (Wildman–Crippen LogP) is -0.0856. The van der Waals surface area contributed by atoms with Crippen LogP contribution in [0.3, 0.4) is 0 Å². The van der Waals surface area contributed by atoms with Gasteiger partial charge < -0.3 is 31.5 Å². The molecule has 31 heavy (non-hydrogen) atoms. The van der Waals surface area contributed by atoms with Crippen LogP contribution in [0.4, 0.5) is 0 Å². The van der Waals surface area contributed by atoms with Crippen molar-refractivity contribution in [3.05, 3.63) is 35.4 Å². The average Bonchev–Trinajstić information content (AvgIpc) is 3.24. The molecule has 3 rings (SSSR count). The molecule has 0 aromatic heterocycles. The lowest BCUT2D eigenvalue weighted by atomic mass is 9.96. The molecule has 2 aliphatic rings. The summed E-state index contributed by atoms with van der Waals surface area (Å²) in [5, 5.41) is 12.0. The number of carbonyl (C=O) groups excluding carboxylic acids is 2. The van der Waals surface area contributed by atoms with Gasteiger partial charge in [-0.3, -0.25) is 14.6 Å². The van der Waals surface area contributed by atoms with Crippen LogP contribution in [0, 0.1) is 0 Å². The SMILES string of the molecule is NC(N)=NCCC[C@H](NC(=O)[C@@H]1CCCN1C(=O)C1OCCc2ccccc21)C(=O)O. The van der Waals surface area contributed by atoms with Crippen LogP contribution in [0.15, 0.2) is 29.3 Å². The number of rotatable bonds is 8. The zero-order valence-corrected chi connectivity index (χ0v) is 17.3. The van der Waals surface area contributed by atoms with Crippen LogP contribution >= 0.6 is 0 Å². The number of aliphatic carboxylic acids is 1. The fraction of sp³-hybridized carbons (Fsp3) is 0.524. The molecular weight excluding hydrogens is 402 g/mol. The van der Waals surface area contributed by atoms with E-state index in [9.17, 15) is 19.5 Å². The van der Waals surface area contributed by atoms with E-state index in [2.05, 4.69) is 10.3 Å². The van der Waals surface area contributed by atoms with Crippen LogP contribution in [0.2, 0.25) is 0 Å². The highest BCUT2D eigenvalue weighted by atomic mass is 16.5. The van der Waals surface area contributed by atoms with Gasteiger partial charge in [0.05, 0.1) is 6.61 Å². The summed E-state index contributed by atoms with van der Waals surface area (Å²) in [6.07, 6.45) is 1.72. The second-order valence-electron chi connectivity index (χ2n) is 7.74. The Kier molecular flexibility index (Phi) is 7.45. The van der Waals surface area contributed by atoms with E-state index in [0.29, 0.717) is 32.4 Å². The number of aliphatic imine (C=N–C) groups is 1. The number of nitrogens with zero attached hydrogens (tertiary/aromatic N) is 2. The van der Waals surface area contributed by atoms with Gasteiger partial charge >= 0.3 is 5.97 Å². The first-order valence-corrected chi connectivity index (χ1v) is 10.5. The molecular formula is C21H29N5O5. The van der Waals surface area contributed by atoms with Gasteiger partial charge in [0.25, 0.3) is 5.91 Å². The Balaban J connectivity index is 1.65. The van der Waals surface area contributed by atoms with Crippen molar-refractivity contribution in [2.75, 3.05) is 19.7 Å². The number of ether oxygens (including phenoxy) is 1. The minimum atomic E-state index is -1.14. The number of hydrogen-bond acceptors (Lipinski definition) is 5. The van der Waals surface area contributed by atoms with E-state index in [1.807, 2.05) is 24.3 Å². The maximum atomic E-state index is 13.2. The highest BCUT2D eigenvalue weighted by Gasteiger charge is 2.40. The molecule has 2 heterocycles. The van der Waals surface area contributed by atoms with Crippen molar-refractivity contribution >= 4 is 23.7 Å². The molecule has 1 saturated heterocycles. The van der Waals surface area contributed by atoms with E-state index in [1.165, 1.54) is 4.90 Å². The molecule has 6 N–H and O–H groups in total. The van der Waals surface area contributed by atoms with Crippen molar-refractivity contribution in [3.63, 3.8) is 0 Å². The van der Waals surface area contributed by atoms with E-state index in [0.717, 1.165) is 17.5 Å². The second-order valence-corrected chi connectivity index (χ2v) is 7.74. The van der Waals surface area contributed by atoms with Gasteiger partial charge in [0, 0.05) is 13.1 Å². The van der Waals surface area contributed by atoms with Crippen LogP contribution in [-0.4, -0.2) is 65.5 Å². The summed E-state index contributed by atoms with van der Waals surface area (Å²) in [6.45, 7) is 1.14. The molecule has 0 radical (unpaired) electrons. The molecule has 10 heteroatoms. The predicted molar refractivity (Wildman–Crippen MR) is 113 cm³/mol. The molecule has 3 atom stereocenters. The Morgan fingerprint density at radius 1 is 1.29 bits per heavy atom. The van der Waals surface area contributed by atoms with Crippen molar-refractivity contribution in [3.8, 4) is 0 Å². The van der Waals surface area contributed by atoms with Crippen LogP contribution in [0.1, 0.15) is 42.9 Å². The Labute approximate surface area is 180 Å². The molecule has 2 amide bonds. The quantitative estimate of drug-likeness (QED) is 0.254. The van der Waals surface area contributed by atoms with Gasteiger partial charge in [-0.25, -0.2) is 4.79 Å². The minimum absolute atomic E-state index is 0.0671. The van der Waals surface area contributed by atoms with Crippen molar-refractivity contribution in [1.82, 2.24) is 10.2 Å². The molecule has 0 bridgehead atoms. The van der Waals surface area contributed by atoms with Crippen molar-refractivity contribution in [2.24, 2.45) is 16.5 Å². The summed E-state index contributed by atoms with van der Waals surface area (Å²) < 4.78 is 5.76. The third-order valence-electron chi connectivity index (χ3n) is 5.62. The van der Waals surface area contributed by atoms with E-state index >= 15 is 0 Å².